The predicted molar refractivity (Wildman–Crippen MR) is 36.1 cm³/mol. The van der Waals surface area contributed by atoms with Gasteiger partial charge in [-0.3, -0.25) is 11.1 Å². The summed E-state index contributed by atoms with van der Waals surface area (Å²) in [5, 5.41) is 2.69. The maximum atomic E-state index is 5.49. The molecule has 0 amide bonds. The molecule has 9 N–H and O–H groups in total. The summed E-state index contributed by atoms with van der Waals surface area (Å²) >= 11 is 0. The van der Waals surface area contributed by atoms with Gasteiger partial charge in [0.05, 0.1) is 12.2 Å². The van der Waals surface area contributed by atoms with E-state index in [1.807, 2.05) is 0 Å². The van der Waals surface area contributed by atoms with Gasteiger partial charge in [0, 0.05) is 0 Å². The topological polar surface area (TPSA) is 125 Å². The summed E-state index contributed by atoms with van der Waals surface area (Å²) in [5.74, 6) is 0. The molecule has 0 aromatic carbocycles. The van der Waals surface area contributed by atoms with E-state index < -0.39 is 24.8 Å². The van der Waals surface area contributed by atoms with Crippen LogP contribution in [-0.2, 0) is 4.74 Å². The van der Waals surface area contributed by atoms with Crippen molar-refractivity contribution < 1.29 is 4.74 Å². The lowest BCUT2D eigenvalue weighted by atomic mass is 10.2. The lowest BCUT2D eigenvalue weighted by Crippen LogP contribution is -2.69. The Hall–Kier alpha value is -0.240. The molecule has 0 aliphatic carbocycles. The van der Waals surface area contributed by atoms with Gasteiger partial charge >= 0.3 is 0 Å². The van der Waals surface area contributed by atoms with Gasteiger partial charge in [-0.25, -0.2) is 0 Å². The summed E-state index contributed by atoms with van der Waals surface area (Å²) in [6.45, 7) is 0. The molecule has 0 radical (unpaired) electrons. The maximum Gasteiger partial charge on any atom is 0.164 e. The number of nitrogens with two attached hydrogens (primary N) is 4. The Balaban J connectivity index is 2.49. The van der Waals surface area contributed by atoms with Crippen molar-refractivity contribution >= 4 is 0 Å². The molecule has 0 aromatic rings. The molecule has 1 heterocycles. The van der Waals surface area contributed by atoms with E-state index in [0.717, 1.165) is 0 Å². The number of hydrogen-bond donors (Lipinski definition) is 5. The zero-order chi connectivity index (χ0) is 7.72. The van der Waals surface area contributed by atoms with Crippen molar-refractivity contribution in [3.63, 3.8) is 0 Å². The third-order valence-electron chi connectivity index (χ3n) is 1.45. The Morgan fingerprint density at radius 1 is 1.10 bits per heavy atom. The van der Waals surface area contributed by atoms with Crippen LogP contribution in [0.15, 0.2) is 0 Å². The van der Waals surface area contributed by atoms with E-state index in [-0.39, 0.29) is 0 Å². The zero-order valence-electron chi connectivity index (χ0n) is 5.53. The van der Waals surface area contributed by atoms with Crippen LogP contribution in [0.5, 0.6) is 0 Å². The van der Waals surface area contributed by atoms with Gasteiger partial charge in [0.25, 0.3) is 0 Å². The van der Waals surface area contributed by atoms with E-state index in [2.05, 4.69) is 5.32 Å². The SMILES string of the molecule is NC1NC(N)C(N)C(N)O1. The van der Waals surface area contributed by atoms with Gasteiger partial charge in [-0.2, -0.15) is 0 Å². The molecule has 1 saturated heterocycles. The molecule has 0 spiro atoms. The molecule has 4 atom stereocenters. The predicted octanol–water partition coefficient (Wildman–Crippen LogP) is -3.25. The van der Waals surface area contributed by atoms with Gasteiger partial charge in [0.15, 0.2) is 6.35 Å². The first-order valence-electron chi connectivity index (χ1n) is 3.05. The molecular weight excluding hydrogens is 134 g/mol. The molecule has 10 heavy (non-hydrogen) atoms. The Bertz CT molecular complexity index is 108. The smallest absolute Gasteiger partial charge is 0.164 e. The van der Waals surface area contributed by atoms with E-state index in [1.165, 1.54) is 0 Å². The monoisotopic (exact) mass is 147 g/mol. The second-order valence-corrected chi connectivity index (χ2v) is 2.29. The minimum atomic E-state index is -0.607. The van der Waals surface area contributed by atoms with E-state index in [0.29, 0.717) is 0 Å². The van der Waals surface area contributed by atoms with Crippen LogP contribution >= 0.6 is 0 Å². The van der Waals surface area contributed by atoms with E-state index in [1.54, 1.807) is 0 Å². The fourth-order valence-corrected chi connectivity index (χ4v) is 0.804. The number of rotatable bonds is 0. The average molecular weight is 147 g/mol. The second kappa shape index (κ2) is 2.79. The zero-order valence-corrected chi connectivity index (χ0v) is 5.53. The third kappa shape index (κ3) is 1.43. The minimum Gasteiger partial charge on any atom is -0.331 e. The van der Waals surface area contributed by atoms with E-state index in [4.69, 9.17) is 27.7 Å². The molecule has 1 fully saturated rings. The molecule has 1 aliphatic heterocycles. The van der Waals surface area contributed by atoms with Gasteiger partial charge in [-0.05, 0) is 0 Å². The first-order chi connectivity index (χ1) is 4.61. The molecule has 6 nitrogen and oxygen atoms in total. The Morgan fingerprint density at radius 2 is 1.70 bits per heavy atom. The van der Waals surface area contributed by atoms with Crippen LogP contribution in [0, 0.1) is 0 Å². The standard InChI is InChI=1S/C4H13N5O/c5-1-2(6)9-4(8)10-3(1)7/h1-4,9H,5-8H2. The molecule has 0 aromatic heterocycles. The van der Waals surface area contributed by atoms with Crippen LogP contribution in [-0.4, -0.2) is 24.8 Å². The van der Waals surface area contributed by atoms with Crippen LogP contribution in [0.25, 0.3) is 0 Å². The minimum absolute atomic E-state index is 0.390. The van der Waals surface area contributed by atoms with E-state index >= 15 is 0 Å². The highest BCUT2D eigenvalue weighted by Gasteiger charge is 2.29. The molecule has 4 unspecified atom stereocenters. The van der Waals surface area contributed by atoms with Crippen molar-refractivity contribution in [2.24, 2.45) is 22.9 Å². The summed E-state index contributed by atoms with van der Waals surface area (Å²) in [4.78, 5) is 0. The van der Waals surface area contributed by atoms with Gasteiger partial charge in [0.2, 0.25) is 0 Å². The highest BCUT2D eigenvalue weighted by atomic mass is 16.5. The fourth-order valence-electron chi connectivity index (χ4n) is 0.804. The lowest BCUT2D eigenvalue weighted by Gasteiger charge is -2.35. The van der Waals surface area contributed by atoms with Gasteiger partial charge in [-0.1, -0.05) is 0 Å². The number of hydrogen-bond acceptors (Lipinski definition) is 6. The normalized spacial score (nSPS) is 49.2. The highest BCUT2D eigenvalue weighted by molar-refractivity contribution is 4.83. The summed E-state index contributed by atoms with van der Waals surface area (Å²) in [6.07, 6.45) is -1.57. The summed E-state index contributed by atoms with van der Waals surface area (Å²) in [6, 6.07) is -0.403. The molecule has 0 saturated carbocycles. The lowest BCUT2D eigenvalue weighted by molar-refractivity contribution is -0.0816. The van der Waals surface area contributed by atoms with Crippen molar-refractivity contribution in [1.29, 1.82) is 0 Å². The fraction of sp³-hybridized carbons (Fsp3) is 1.00. The molecule has 6 heteroatoms. The third-order valence-corrected chi connectivity index (χ3v) is 1.45. The molecule has 0 bridgehead atoms. The highest BCUT2D eigenvalue weighted by Crippen LogP contribution is 2.00. The largest absolute Gasteiger partial charge is 0.331 e. The summed E-state index contributed by atoms with van der Waals surface area (Å²) in [7, 11) is 0. The van der Waals surface area contributed by atoms with E-state index in [9.17, 15) is 0 Å². The quantitative estimate of drug-likeness (QED) is 0.245. The molecule has 60 valence electrons. The van der Waals surface area contributed by atoms with Crippen LogP contribution in [0.2, 0.25) is 0 Å². The van der Waals surface area contributed by atoms with Crippen molar-refractivity contribution in [2.45, 2.75) is 24.8 Å². The van der Waals surface area contributed by atoms with Crippen molar-refractivity contribution in [3.05, 3.63) is 0 Å². The van der Waals surface area contributed by atoms with Crippen molar-refractivity contribution in [3.8, 4) is 0 Å². The molecular formula is C4H13N5O. The van der Waals surface area contributed by atoms with Crippen molar-refractivity contribution in [2.75, 3.05) is 0 Å². The molecule has 1 rings (SSSR count). The Kier molecular flexibility index (Phi) is 2.19. The maximum absolute atomic E-state index is 5.49. The second-order valence-electron chi connectivity index (χ2n) is 2.29. The van der Waals surface area contributed by atoms with Gasteiger partial charge in [-0.15, -0.1) is 0 Å². The van der Waals surface area contributed by atoms with Crippen LogP contribution in [0.4, 0.5) is 0 Å². The summed E-state index contributed by atoms with van der Waals surface area (Å²) in [5.41, 5.74) is 21.7. The van der Waals surface area contributed by atoms with Gasteiger partial charge in [0.1, 0.15) is 6.23 Å². The Morgan fingerprint density at radius 3 is 2.20 bits per heavy atom. The number of nitrogens with one attached hydrogen (secondary N) is 1. The summed E-state index contributed by atoms with van der Waals surface area (Å²) < 4.78 is 4.91. The van der Waals surface area contributed by atoms with Gasteiger partial charge < -0.3 is 21.9 Å². The van der Waals surface area contributed by atoms with Crippen molar-refractivity contribution in [1.82, 2.24) is 5.32 Å². The average Bonchev–Trinajstić information content (AvgIpc) is 1.82. The first kappa shape index (κ1) is 7.86. The number of ether oxygens (including phenoxy) is 1. The Labute approximate surface area is 58.9 Å². The van der Waals surface area contributed by atoms with Crippen LogP contribution in [0.1, 0.15) is 0 Å². The van der Waals surface area contributed by atoms with Crippen LogP contribution < -0.4 is 28.3 Å². The van der Waals surface area contributed by atoms with Crippen LogP contribution in [0.3, 0.4) is 0 Å². The molecule has 1 aliphatic rings. The first-order valence-corrected chi connectivity index (χ1v) is 3.05.